The zero-order valence-corrected chi connectivity index (χ0v) is 18.0. The Bertz CT molecular complexity index is 771. The van der Waals surface area contributed by atoms with Gasteiger partial charge in [0.2, 0.25) is 5.91 Å². The van der Waals surface area contributed by atoms with Crippen molar-refractivity contribution in [3.05, 3.63) is 30.3 Å². The number of hydrogen-bond donors (Lipinski definition) is 1. The SMILES string of the molecule is CC(=O)N[C@H]1[C@@H](OC(C)=O)[C@H](OC(C)=O)[C@@H](COC(C)=O)O[C@@H]1Sc1ccccc1. The minimum Gasteiger partial charge on any atom is -0.463 e. The molecule has 1 heterocycles. The molecule has 164 valence electrons. The molecule has 1 fully saturated rings. The van der Waals surface area contributed by atoms with Crippen molar-refractivity contribution in [3.8, 4) is 0 Å². The summed E-state index contributed by atoms with van der Waals surface area (Å²) in [7, 11) is 0. The van der Waals surface area contributed by atoms with E-state index in [-0.39, 0.29) is 12.5 Å². The minimum atomic E-state index is -1.09. The maximum atomic E-state index is 11.9. The molecule has 0 radical (unpaired) electrons. The van der Waals surface area contributed by atoms with Gasteiger partial charge in [-0.3, -0.25) is 19.2 Å². The van der Waals surface area contributed by atoms with Crippen LogP contribution in [0.15, 0.2) is 35.2 Å². The van der Waals surface area contributed by atoms with Crippen LogP contribution in [0.25, 0.3) is 0 Å². The average molecular weight is 439 g/mol. The van der Waals surface area contributed by atoms with Crippen molar-refractivity contribution in [2.24, 2.45) is 0 Å². The van der Waals surface area contributed by atoms with Crippen LogP contribution in [-0.2, 0) is 38.1 Å². The molecule has 1 saturated heterocycles. The van der Waals surface area contributed by atoms with Crippen molar-refractivity contribution < 1.29 is 38.1 Å². The highest BCUT2D eigenvalue weighted by Gasteiger charge is 2.51. The predicted octanol–water partition coefficient (Wildman–Crippen LogP) is 1.43. The van der Waals surface area contributed by atoms with Gasteiger partial charge >= 0.3 is 17.9 Å². The number of ether oxygens (including phenoxy) is 4. The Hall–Kier alpha value is -2.59. The Morgan fingerprint density at radius 3 is 2.07 bits per heavy atom. The number of esters is 3. The fourth-order valence-corrected chi connectivity index (χ4v) is 4.17. The maximum absolute atomic E-state index is 11.9. The minimum absolute atomic E-state index is 0.219. The second-order valence-electron chi connectivity index (χ2n) is 6.65. The first kappa shape index (κ1) is 23.7. The molecule has 0 aliphatic carbocycles. The van der Waals surface area contributed by atoms with E-state index >= 15 is 0 Å². The van der Waals surface area contributed by atoms with E-state index in [4.69, 9.17) is 18.9 Å². The van der Waals surface area contributed by atoms with Crippen LogP contribution in [0.1, 0.15) is 27.7 Å². The molecule has 5 atom stereocenters. The number of nitrogens with one attached hydrogen (secondary N) is 1. The molecule has 1 aromatic carbocycles. The monoisotopic (exact) mass is 439 g/mol. The van der Waals surface area contributed by atoms with Gasteiger partial charge in [0.15, 0.2) is 12.2 Å². The number of thioether (sulfide) groups is 1. The lowest BCUT2D eigenvalue weighted by molar-refractivity contribution is -0.211. The zero-order valence-electron chi connectivity index (χ0n) is 17.2. The molecule has 9 nitrogen and oxygen atoms in total. The first-order chi connectivity index (χ1) is 14.2. The van der Waals surface area contributed by atoms with E-state index in [2.05, 4.69) is 5.32 Å². The van der Waals surface area contributed by atoms with Crippen molar-refractivity contribution in [1.29, 1.82) is 0 Å². The van der Waals surface area contributed by atoms with Gasteiger partial charge in [-0.2, -0.15) is 0 Å². The number of carbonyl (C=O) groups excluding carboxylic acids is 4. The van der Waals surface area contributed by atoms with Gasteiger partial charge in [-0.1, -0.05) is 30.0 Å². The third kappa shape index (κ3) is 7.03. The molecule has 1 N–H and O–H groups in total. The maximum Gasteiger partial charge on any atom is 0.303 e. The van der Waals surface area contributed by atoms with Gasteiger partial charge in [-0.15, -0.1) is 0 Å². The Balaban J connectivity index is 2.42. The summed E-state index contributed by atoms with van der Waals surface area (Å²) in [5, 5.41) is 2.74. The van der Waals surface area contributed by atoms with Crippen molar-refractivity contribution >= 4 is 35.6 Å². The Kier molecular flexibility index (Phi) is 8.67. The van der Waals surface area contributed by atoms with Crippen molar-refractivity contribution in [1.82, 2.24) is 5.32 Å². The molecule has 10 heteroatoms. The van der Waals surface area contributed by atoms with Gasteiger partial charge in [-0.25, -0.2) is 0 Å². The quantitative estimate of drug-likeness (QED) is 0.497. The van der Waals surface area contributed by atoms with Crippen LogP contribution in [0.4, 0.5) is 0 Å². The summed E-state index contributed by atoms with van der Waals surface area (Å²) in [6.07, 6.45) is -3.05. The first-order valence-corrected chi connectivity index (χ1v) is 10.2. The molecular weight excluding hydrogens is 414 g/mol. The molecule has 0 bridgehead atoms. The van der Waals surface area contributed by atoms with Crippen LogP contribution in [0, 0.1) is 0 Å². The van der Waals surface area contributed by atoms with Crippen molar-refractivity contribution in [2.75, 3.05) is 6.61 Å². The van der Waals surface area contributed by atoms with E-state index in [0.29, 0.717) is 0 Å². The standard InChI is InChI=1S/C20H25NO8S/c1-11(22)21-17-19(28-14(4)25)18(27-13(3)24)16(10-26-12(2)23)29-20(17)30-15-8-6-5-7-9-15/h5-9,16-20H,10H2,1-4H3,(H,21,22)/t16-,17+,18-,19-,20-/m1/s1. The number of benzene rings is 1. The van der Waals surface area contributed by atoms with Crippen molar-refractivity contribution in [3.63, 3.8) is 0 Å². The first-order valence-electron chi connectivity index (χ1n) is 9.29. The number of hydrogen-bond acceptors (Lipinski definition) is 9. The Labute approximate surface area is 178 Å². The fraction of sp³-hybridized carbons (Fsp3) is 0.500. The van der Waals surface area contributed by atoms with Gasteiger partial charge in [-0.05, 0) is 12.1 Å². The summed E-state index contributed by atoms with van der Waals surface area (Å²) in [5.41, 5.74) is -0.715. The van der Waals surface area contributed by atoms with Gasteiger partial charge in [0.1, 0.15) is 24.2 Å². The van der Waals surface area contributed by atoms with Crippen LogP contribution >= 0.6 is 11.8 Å². The second kappa shape index (κ2) is 11.0. The third-order valence-corrected chi connectivity index (χ3v) is 5.25. The van der Waals surface area contributed by atoms with Crippen LogP contribution in [0.2, 0.25) is 0 Å². The van der Waals surface area contributed by atoms with E-state index in [1.54, 1.807) is 0 Å². The Morgan fingerprint density at radius 2 is 1.53 bits per heavy atom. The number of amides is 1. The van der Waals surface area contributed by atoms with E-state index in [1.807, 2.05) is 30.3 Å². The van der Waals surface area contributed by atoms with Crippen LogP contribution in [-0.4, -0.2) is 60.2 Å². The third-order valence-electron chi connectivity index (χ3n) is 4.07. The highest BCUT2D eigenvalue weighted by atomic mass is 32.2. The smallest absolute Gasteiger partial charge is 0.303 e. The van der Waals surface area contributed by atoms with Crippen molar-refractivity contribution in [2.45, 2.75) is 62.4 Å². The highest BCUT2D eigenvalue weighted by Crippen LogP contribution is 2.36. The summed E-state index contributed by atoms with van der Waals surface area (Å²) < 4.78 is 22.0. The summed E-state index contributed by atoms with van der Waals surface area (Å²) in [6.45, 7) is 4.76. The molecule has 0 aromatic heterocycles. The lowest BCUT2D eigenvalue weighted by atomic mass is 9.97. The van der Waals surface area contributed by atoms with Crippen LogP contribution in [0.3, 0.4) is 0 Å². The van der Waals surface area contributed by atoms with Gasteiger partial charge in [0.25, 0.3) is 0 Å². The van der Waals surface area contributed by atoms with Gasteiger partial charge in [0.05, 0.1) is 0 Å². The molecule has 1 aliphatic heterocycles. The summed E-state index contributed by atoms with van der Waals surface area (Å²) in [4.78, 5) is 47.6. The molecule has 1 amide bonds. The molecular formula is C20H25NO8S. The average Bonchev–Trinajstić information content (AvgIpc) is 2.64. The number of rotatable bonds is 7. The number of carbonyl (C=O) groups is 4. The summed E-state index contributed by atoms with van der Waals surface area (Å²) >= 11 is 1.30. The molecule has 1 aliphatic rings. The summed E-state index contributed by atoms with van der Waals surface area (Å²) in [5.74, 6) is -2.17. The predicted molar refractivity (Wildman–Crippen MR) is 106 cm³/mol. The van der Waals surface area contributed by atoms with Gasteiger partial charge in [0, 0.05) is 32.6 Å². The molecule has 2 rings (SSSR count). The topological polar surface area (TPSA) is 117 Å². The normalized spacial score (nSPS) is 25.7. The lowest BCUT2D eigenvalue weighted by Crippen LogP contribution is -2.65. The largest absolute Gasteiger partial charge is 0.463 e. The zero-order chi connectivity index (χ0) is 22.3. The van der Waals surface area contributed by atoms with E-state index in [1.165, 1.54) is 39.5 Å². The molecule has 0 unspecified atom stereocenters. The van der Waals surface area contributed by atoms with E-state index in [0.717, 1.165) is 4.90 Å². The van der Waals surface area contributed by atoms with Crippen LogP contribution < -0.4 is 5.32 Å². The van der Waals surface area contributed by atoms with Gasteiger partial charge < -0.3 is 24.3 Å². The molecule has 0 spiro atoms. The second-order valence-corrected chi connectivity index (χ2v) is 7.82. The fourth-order valence-electron chi connectivity index (χ4n) is 3.02. The highest BCUT2D eigenvalue weighted by molar-refractivity contribution is 7.99. The van der Waals surface area contributed by atoms with Crippen LogP contribution in [0.5, 0.6) is 0 Å². The van der Waals surface area contributed by atoms with E-state index < -0.39 is 47.7 Å². The molecule has 0 saturated carbocycles. The Morgan fingerprint density at radius 1 is 0.933 bits per heavy atom. The molecule has 30 heavy (non-hydrogen) atoms. The molecule has 1 aromatic rings. The lowest BCUT2D eigenvalue weighted by Gasteiger charge is -2.45. The van der Waals surface area contributed by atoms with E-state index in [9.17, 15) is 19.2 Å². The summed E-state index contributed by atoms with van der Waals surface area (Å²) in [6, 6.07) is 8.45.